The van der Waals surface area contributed by atoms with Gasteiger partial charge in [-0.05, 0) is 25.8 Å². The minimum absolute atomic E-state index is 0.0134. The summed E-state index contributed by atoms with van der Waals surface area (Å²) < 4.78 is 38.1. The van der Waals surface area contributed by atoms with E-state index < -0.39 is 12.7 Å². The first kappa shape index (κ1) is 15.6. The number of nitrogens with one attached hydrogen (secondary N) is 1. The summed E-state index contributed by atoms with van der Waals surface area (Å²) in [5, 5.41) is 3.74. The lowest BCUT2D eigenvalue weighted by Gasteiger charge is -2.22. The fourth-order valence-electron chi connectivity index (χ4n) is 2.08. The Kier molecular flexibility index (Phi) is 4.90. The lowest BCUT2D eigenvalue weighted by Crippen LogP contribution is -2.35. The van der Waals surface area contributed by atoms with Crippen LogP contribution in [0.1, 0.15) is 37.3 Å². The SMILES string of the molecule is CCNCc1sc(N(CC(F)(F)F)C2CC2)nc1CC. The highest BCUT2D eigenvalue weighted by Crippen LogP contribution is 2.37. The fraction of sp³-hybridized carbons (Fsp3) is 0.769. The summed E-state index contributed by atoms with van der Waals surface area (Å²) in [4.78, 5) is 6.91. The molecule has 0 spiro atoms. The summed E-state index contributed by atoms with van der Waals surface area (Å²) in [6, 6.07) is 0.0134. The van der Waals surface area contributed by atoms with Gasteiger partial charge in [0.1, 0.15) is 6.54 Å². The van der Waals surface area contributed by atoms with Gasteiger partial charge in [-0.1, -0.05) is 13.8 Å². The number of anilines is 1. The zero-order valence-electron chi connectivity index (χ0n) is 11.8. The third-order valence-electron chi connectivity index (χ3n) is 3.22. The van der Waals surface area contributed by atoms with Crippen molar-refractivity contribution in [1.29, 1.82) is 0 Å². The molecule has 1 aliphatic rings. The molecule has 0 radical (unpaired) electrons. The topological polar surface area (TPSA) is 28.2 Å². The van der Waals surface area contributed by atoms with E-state index in [2.05, 4.69) is 10.3 Å². The Morgan fingerprint density at radius 2 is 2.05 bits per heavy atom. The van der Waals surface area contributed by atoms with Crippen molar-refractivity contribution in [2.24, 2.45) is 0 Å². The molecule has 7 heteroatoms. The first-order valence-corrected chi connectivity index (χ1v) is 7.79. The summed E-state index contributed by atoms with van der Waals surface area (Å²) in [5.41, 5.74) is 0.916. The van der Waals surface area contributed by atoms with Crippen LogP contribution >= 0.6 is 11.3 Å². The number of nitrogens with zero attached hydrogens (tertiary/aromatic N) is 2. The number of rotatable bonds is 7. The molecule has 1 fully saturated rings. The maximum absolute atomic E-state index is 12.7. The van der Waals surface area contributed by atoms with Crippen molar-refractivity contribution in [2.75, 3.05) is 18.0 Å². The predicted octanol–water partition coefficient (Wildman–Crippen LogP) is 3.35. The number of halogens is 3. The Balaban J connectivity index is 2.18. The standard InChI is InChI=1S/C13H20F3N3S/c1-3-10-11(7-17-4-2)20-12(18-10)19(9-5-6-9)8-13(14,15)16/h9,17H,3-8H2,1-2H3. The monoisotopic (exact) mass is 307 g/mol. The van der Waals surface area contributed by atoms with Gasteiger partial charge in [-0.2, -0.15) is 13.2 Å². The van der Waals surface area contributed by atoms with Gasteiger partial charge in [-0.3, -0.25) is 0 Å². The second-order valence-electron chi connectivity index (χ2n) is 4.97. The van der Waals surface area contributed by atoms with E-state index in [1.165, 1.54) is 16.2 Å². The predicted molar refractivity (Wildman–Crippen MR) is 75.3 cm³/mol. The number of thiazole rings is 1. The van der Waals surface area contributed by atoms with E-state index in [4.69, 9.17) is 0 Å². The quantitative estimate of drug-likeness (QED) is 0.837. The second kappa shape index (κ2) is 6.30. The number of hydrogen-bond acceptors (Lipinski definition) is 4. The Labute approximate surface area is 121 Å². The number of aromatic nitrogens is 1. The highest BCUT2D eigenvalue weighted by molar-refractivity contribution is 7.15. The average Bonchev–Trinajstić information content (AvgIpc) is 3.13. The molecule has 2 rings (SSSR count). The Morgan fingerprint density at radius 1 is 1.35 bits per heavy atom. The largest absolute Gasteiger partial charge is 0.406 e. The summed E-state index contributed by atoms with van der Waals surface area (Å²) in [6.45, 7) is 4.62. The van der Waals surface area contributed by atoms with Gasteiger partial charge in [-0.15, -0.1) is 11.3 Å². The normalized spacial score (nSPS) is 15.7. The van der Waals surface area contributed by atoms with Crippen LogP contribution in [-0.2, 0) is 13.0 Å². The van der Waals surface area contributed by atoms with Crippen molar-refractivity contribution in [3.05, 3.63) is 10.6 Å². The second-order valence-corrected chi connectivity index (χ2v) is 6.04. The van der Waals surface area contributed by atoms with E-state index in [-0.39, 0.29) is 6.04 Å². The summed E-state index contributed by atoms with van der Waals surface area (Å²) >= 11 is 1.39. The molecule has 1 N–H and O–H groups in total. The molecule has 0 bridgehead atoms. The molecule has 20 heavy (non-hydrogen) atoms. The molecule has 114 valence electrons. The van der Waals surface area contributed by atoms with Gasteiger partial charge in [0.15, 0.2) is 5.13 Å². The molecule has 3 nitrogen and oxygen atoms in total. The van der Waals surface area contributed by atoms with Gasteiger partial charge in [0, 0.05) is 17.5 Å². The van der Waals surface area contributed by atoms with Crippen LogP contribution in [0.3, 0.4) is 0 Å². The molecule has 0 aromatic carbocycles. The van der Waals surface area contributed by atoms with Crippen LogP contribution in [0, 0.1) is 0 Å². The maximum atomic E-state index is 12.7. The van der Waals surface area contributed by atoms with Crippen molar-refractivity contribution in [2.45, 2.75) is 51.9 Å². The van der Waals surface area contributed by atoms with Crippen molar-refractivity contribution in [3.63, 3.8) is 0 Å². The van der Waals surface area contributed by atoms with E-state index in [0.717, 1.165) is 36.4 Å². The van der Waals surface area contributed by atoms with Gasteiger partial charge in [0.2, 0.25) is 0 Å². The average molecular weight is 307 g/mol. The van der Waals surface area contributed by atoms with Gasteiger partial charge in [0.05, 0.1) is 5.69 Å². The van der Waals surface area contributed by atoms with Gasteiger partial charge >= 0.3 is 6.18 Å². The number of hydrogen-bond donors (Lipinski definition) is 1. The molecular weight excluding hydrogens is 287 g/mol. The lowest BCUT2D eigenvalue weighted by atomic mass is 10.3. The van der Waals surface area contributed by atoms with Crippen LogP contribution < -0.4 is 10.2 Å². The Morgan fingerprint density at radius 3 is 2.55 bits per heavy atom. The van der Waals surface area contributed by atoms with Crippen LogP contribution in [0.25, 0.3) is 0 Å². The van der Waals surface area contributed by atoms with Crippen molar-refractivity contribution in [3.8, 4) is 0 Å². The Bertz CT molecular complexity index is 441. The molecule has 1 aliphatic carbocycles. The minimum atomic E-state index is -4.18. The number of aryl methyl sites for hydroxylation is 1. The van der Waals surface area contributed by atoms with E-state index in [9.17, 15) is 13.2 Å². The summed E-state index contributed by atoms with van der Waals surface area (Å²) in [7, 11) is 0. The summed E-state index contributed by atoms with van der Waals surface area (Å²) in [5.74, 6) is 0. The molecule has 0 saturated heterocycles. The van der Waals surface area contributed by atoms with Crippen molar-refractivity contribution < 1.29 is 13.2 Å². The third kappa shape index (κ3) is 4.09. The zero-order chi connectivity index (χ0) is 14.8. The molecule has 0 atom stereocenters. The first-order chi connectivity index (χ1) is 9.44. The van der Waals surface area contributed by atoms with Crippen LogP contribution in [0.15, 0.2) is 0 Å². The van der Waals surface area contributed by atoms with E-state index in [0.29, 0.717) is 11.7 Å². The molecule has 0 aliphatic heterocycles. The molecule has 1 aromatic heterocycles. The minimum Gasteiger partial charge on any atom is -0.336 e. The van der Waals surface area contributed by atoms with Crippen LogP contribution in [0.5, 0.6) is 0 Å². The van der Waals surface area contributed by atoms with Crippen LogP contribution in [0.2, 0.25) is 0 Å². The highest BCUT2D eigenvalue weighted by atomic mass is 32.1. The van der Waals surface area contributed by atoms with Gasteiger partial charge in [0.25, 0.3) is 0 Å². The third-order valence-corrected chi connectivity index (χ3v) is 4.36. The smallest absolute Gasteiger partial charge is 0.336 e. The van der Waals surface area contributed by atoms with Crippen molar-refractivity contribution in [1.82, 2.24) is 10.3 Å². The number of alkyl halides is 3. The van der Waals surface area contributed by atoms with E-state index in [1.54, 1.807) is 0 Å². The fourth-order valence-corrected chi connectivity index (χ4v) is 3.27. The molecule has 0 unspecified atom stereocenters. The van der Waals surface area contributed by atoms with Crippen LogP contribution in [0.4, 0.5) is 18.3 Å². The maximum Gasteiger partial charge on any atom is 0.406 e. The van der Waals surface area contributed by atoms with E-state index >= 15 is 0 Å². The molecule has 1 saturated carbocycles. The van der Waals surface area contributed by atoms with E-state index in [1.807, 2.05) is 13.8 Å². The van der Waals surface area contributed by atoms with Gasteiger partial charge < -0.3 is 10.2 Å². The zero-order valence-corrected chi connectivity index (χ0v) is 12.6. The lowest BCUT2D eigenvalue weighted by molar-refractivity contribution is -0.120. The highest BCUT2D eigenvalue weighted by Gasteiger charge is 2.39. The van der Waals surface area contributed by atoms with Gasteiger partial charge in [-0.25, -0.2) is 4.98 Å². The summed E-state index contributed by atoms with van der Waals surface area (Å²) in [6.07, 6.45) is -1.76. The van der Waals surface area contributed by atoms with Crippen molar-refractivity contribution >= 4 is 16.5 Å². The molecule has 0 amide bonds. The Hall–Kier alpha value is -0.820. The van der Waals surface area contributed by atoms with Crippen LogP contribution in [-0.4, -0.2) is 30.3 Å². The molecule has 1 heterocycles. The molecular formula is C13H20F3N3S. The molecule has 1 aromatic rings. The first-order valence-electron chi connectivity index (χ1n) is 6.97.